The van der Waals surface area contributed by atoms with Crippen LogP contribution < -0.4 is 5.32 Å². The normalized spacial score (nSPS) is 10.8. The maximum absolute atomic E-state index is 4.41. The maximum Gasteiger partial charge on any atom is 0.204 e. The molecule has 0 amide bonds. The monoisotopic (exact) mass is 273 g/mol. The van der Waals surface area contributed by atoms with Crippen LogP contribution in [0.25, 0.3) is 11.4 Å². The van der Waals surface area contributed by atoms with Crippen molar-refractivity contribution in [1.82, 2.24) is 25.5 Å². The van der Waals surface area contributed by atoms with E-state index >= 15 is 0 Å². The molecule has 0 bridgehead atoms. The summed E-state index contributed by atoms with van der Waals surface area (Å²) in [6, 6.07) is 9.96. The molecular formula is C15H23N5. The highest BCUT2D eigenvalue weighted by Crippen LogP contribution is 2.11. The Bertz CT molecular complexity index is 480. The van der Waals surface area contributed by atoms with Gasteiger partial charge in [0.25, 0.3) is 0 Å². The van der Waals surface area contributed by atoms with Crippen molar-refractivity contribution in [3.63, 3.8) is 0 Å². The summed E-state index contributed by atoms with van der Waals surface area (Å²) in [5, 5.41) is 16.0. The third-order valence-corrected chi connectivity index (χ3v) is 3.12. The molecule has 0 unspecified atom stereocenters. The molecule has 2 aromatic rings. The first-order valence-electron chi connectivity index (χ1n) is 7.44. The SMILES string of the molecule is CCCNCCCCCn1nnc(-c2ccccc2)n1. The van der Waals surface area contributed by atoms with Crippen LogP contribution in [-0.4, -0.2) is 33.3 Å². The van der Waals surface area contributed by atoms with E-state index in [0.717, 1.165) is 31.6 Å². The Morgan fingerprint density at radius 1 is 1.05 bits per heavy atom. The van der Waals surface area contributed by atoms with Gasteiger partial charge in [-0.3, -0.25) is 0 Å². The molecule has 0 atom stereocenters. The molecule has 0 saturated carbocycles. The summed E-state index contributed by atoms with van der Waals surface area (Å²) < 4.78 is 0. The van der Waals surface area contributed by atoms with Crippen LogP contribution in [-0.2, 0) is 6.54 Å². The minimum atomic E-state index is 0.704. The fourth-order valence-corrected chi connectivity index (χ4v) is 2.02. The first-order valence-corrected chi connectivity index (χ1v) is 7.44. The van der Waals surface area contributed by atoms with Crippen LogP contribution >= 0.6 is 0 Å². The zero-order chi connectivity index (χ0) is 14.0. The minimum Gasteiger partial charge on any atom is -0.317 e. The van der Waals surface area contributed by atoms with Gasteiger partial charge in [-0.15, -0.1) is 10.2 Å². The van der Waals surface area contributed by atoms with Gasteiger partial charge in [-0.1, -0.05) is 43.7 Å². The number of unbranched alkanes of at least 4 members (excludes halogenated alkanes) is 2. The molecule has 20 heavy (non-hydrogen) atoms. The average Bonchev–Trinajstić information content (AvgIpc) is 2.96. The molecule has 1 aromatic heterocycles. The van der Waals surface area contributed by atoms with Crippen LogP contribution in [0.2, 0.25) is 0 Å². The molecule has 5 nitrogen and oxygen atoms in total. The summed E-state index contributed by atoms with van der Waals surface area (Å²) in [4.78, 5) is 1.70. The lowest BCUT2D eigenvalue weighted by atomic mass is 10.2. The van der Waals surface area contributed by atoms with Crippen molar-refractivity contribution in [2.45, 2.75) is 39.2 Å². The first kappa shape index (κ1) is 14.7. The van der Waals surface area contributed by atoms with Crippen molar-refractivity contribution in [2.75, 3.05) is 13.1 Å². The van der Waals surface area contributed by atoms with E-state index in [9.17, 15) is 0 Å². The van der Waals surface area contributed by atoms with Crippen molar-refractivity contribution in [3.05, 3.63) is 30.3 Å². The molecule has 0 saturated heterocycles. The number of aromatic nitrogens is 4. The van der Waals surface area contributed by atoms with Crippen molar-refractivity contribution < 1.29 is 0 Å². The molecule has 0 radical (unpaired) electrons. The summed E-state index contributed by atoms with van der Waals surface area (Å²) in [7, 11) is 0. The maximum atomic E-state index is 4.41. The Morgan fingerprint density at radius 3 is 2.70 bits per heavy atom. The number of benzene rings is 1. The molecule has 1 heterocycles. The van der Waals surface area contributed by atoms with E-state index in [-0.39, 0.29) is 0 Å². The van der Waals surface area contributed by atoms with Crippen molar-refractivity contribution in [3.8, 4) is 11.4 Å². The number of tetrazole rings is 1. The van der Waals surface area contributed by atoms with E-state index in [1.54, 1.807) is 4.80 Å². The molecule has 5 heteroatoms. The van der Waals surface area contributed by atoms with Gasteiger partial charge in [-0.05, 0) is 37.6 Å². The second-order valence-corrected chi connectivity index (χ2v) is 4.89. The van der Waals surface area contributed by atoms with E-state index in [1.165, 1.54) is 19.3 Å². The van der Waals surface area contributed by atoms with Crippen molar-refractivity contribution in [2.24, 2.45) is 0 Å². The Morgan fingerprint density at radius 2 is 1.90 bits per heavy atom. The second kappa shape index (κ2) is 8.43. The smallest absolute Gasteiger partial charge is 0.204 e. The Balaban J connectivity index is 1.69. The third kappa shape index (κ3) is 4.74. The van der Waals surface area contributed by atoms with Gasteiger partial charge in [0.1, 0.15) is 0 Å². The molecule has 0 aliphatic rings. The zero-order valence-electron chi connectivity index (χ0n) is 12.1. The predicted molar refractivity (Wildman–Crippen MR) is 80.3 cm³/mol. The van der Waals surface area contributed by atoms with Gasteiger partial charge >= 0.3 is 0 Å². The van der Waals surface area contributed by atoms with Crippen LogP contribution in [0, 0.1) is 0 Å². The van der Waals surface area contributed by atoms with E-state index in [0.29, 0.717) is 5.82 Å². The molecule has 0 fully saturated rings. The summed E-state index contributed by atoms with van der Waals surface area (Å²) in [5.74, 6) is 0.704. The number of nitrogens with one attached hydrogen (secondary N) is 1. The van der Waals surface area contributed by atoms with Crippen LogP contribution in [0.3, 0.4) is 0 Å². The highest BCUT2D eigenvalue weighted by Gasteiger charge is 2.04. The van der Waals surface area contributed by atoms with Crippen LogP contribution in [0.4, 0.5) is 0 Å². The molecule has 108 valence electrons. The van der Waals surface area contributed by atoms with Gasteiger partial charge in [0.15, 0.2) is 0 Å². The molecule has 0 aliphatic heterocycles. The lowest BCUT2D eigenvalue weighted by molar-refractivity contribution is 0.476. The standard InChI is InChI=1S/C15H23N5/c1-2-11-16-12-7-4-8-13-20-18-15(17-19-20)14-9-5-3-6-10-14/h3,5-6,9-10,16H,2,4,7-8,11-13H2,1H3. The van der Waals surface area contributed by atoms with Gasteiger partial charge in [-0.2, -0.15) is 4.80 Å². The fraction of sp³-hybridized carbons (Fsp3) is 0.533. The molecule has 0 aliphatic carbocycles. The van der Waals surface area contributed by atoms with E-state index in [4.69, 9.17) is 0 Å². The van der Waals surface area contributed by atoms with Gasteiger partial charge in [0.05, 0.1) is 6.54 Å². The molecular weight excluding hydrogens is 250 g/mol. The first-order chi connectivity index (χ1) is 9.90. The summed E-state index contributed by atoms with van der Waals surface area (Å²) in [6.07, 6.45) is 4.70. The van der Waals surface area contributed by atoms with E-state index in [1.807, 2.05) is 30.3 Å². The second-order valence-electron chi connectivity index (χ2n) is 4.89. The van der Waals surface area contributed by atoms with Gasteiger partial charge in [0.2, 0.25) is 5.82 Å². The van der Waals surface area contributed by atoms with E-state index < -0.39 is 0 Å². The topological polar surface area (TPSA) is 55.6 Å². The third-order valence-electron chi connectivity index (χ3n) is 3.12. The summed E-state index contributed by atoms with van der Waals surface area (Å²) in [5.41, 5.74) is 1.02. The van der Waals surface area contributed by atoms with Crippen molar-refractivity contribution >= 4 is 0 Å². The molecule has 1 N–H and O–H groups in total. The van der Waals surface area contributed by atoms with Crippen molar-refractivity contribution in [1.29, 1.82) is 0 Å². The van der Waals surface area contributed by atoms with Crippen LogP contribution in [0.1, 0.15) is 32.6 Å². The number of nitrogens with zero attached hydrogens (tertiary/aromatic N) is 4. The lowest BCUT2D eigenvalue weighted by Crippen LogP contribution is -2.15. The molecule has 2 rings (SSSR count). The highest BCUT2D eigenvalue weighted by atomic mass is 15.6. The highest BCUT2D eigenvalue weighted by molar-refractivity contribution is 5.52. The van der Waals surface area contributed by atoms with Gasteiger partial charge in [-0.25, -0.2) is 0 Å². The number of hydrogen-bond acceptors (Lipinski definition) is 4. The van der Waals surface area contributed by atoms with Gasteiger partial charge in [0, 0.05) is 5.56 Å². The van der Waals surface area contributed by atoms with Gasteiger partial charge < -0.3 is 5.32 Å². The summed E-state index contributed by atoms with van der Waals surface area (Å²) in [6.45, 7) is 5.25. The Labute approximate surface area is 120 Å². The predicted octanol–water partition coefficient (Wildman–Crippen LogP) is 2.51. The number of aryl methyl sites for hydroxylation is 1. The Hall–Kier alpha value is -1.75. The fourth-order valence-electron chi connectivity index (χ4n) is 2.02. The number of rotatable bonds is 9. The largest absolute Gasteiger partial charge is 0.317 e. The molecule has 1 aromatic carbocycles. The zero-order valence-corrected chi connectivity index (χ0v) is 12.1. The Kier molecular flexibility index (Phi) is 6.17. The molecule has 0 spiro atoms. The minimum absolute atomic E-state index is 0.704. The van der Waals surface area contributed by atoms with Crippen LogP contribution in [0.5, 0.6) is 0 Å². The summed E-state index contributed by atoms with van der Waals surface area (Å²) >= 11 is 0. The lowest BCUT2D eigenvalue weighted by Gasteiger charge is -2.02. The van der Waals surface area contributed by atoms with E-state index in [2.05, 4.69) is 27.7 Å². The van der Waals surface area contributed by atoms with Crippen LogP contribution in [0.15, 0.2) is 30.3 Å². The quantitative estimate of drug-likeness (QED) is 0.713. The average molecular weight is 273 g/mol. The number of hydrogen-bond donors (Lipinski definition) is 1.